The Kier molecular flexibility index (Phi) is 7.35. The molecule has 1 aliphatic rings. The predicted molar refractivity (Wildman–Crippen MR) is 103 cm³/mol. The molecule has 0 saturated carbocycles. The van der Waals surface area contributed by atoms with E-state index < -0.39 is 27.4 Å². The van der Waals surface area contributed by atoms with Crippen LogP contribution in [0.2, 0.25) is 0 Å². The molecule has 0 N–H and O–H groups in total. The number of nitrogens with zero attached hydrogens (tertiary/aromatic N) is 1. The van der Waals surface area contributed by atoms with Crippen LogP contribution < -0.4 is 4.74 Å². The summed E-state index contributed by atoms with van der Waals surface area (Å²) in [7, 11) is -3.87. The van der Waals surface area contributed by atoms with Crippen LogP contribution in [0.1, 0.15) is 16.8 Å². The second-order valence-corrected chi connectivity index (χ2v) is 8.39. The highest BCUT2D eigenvalue weighted by Crippen LogP contribution is 2.21. The summed E-state index contributed by atoms with van der Waals surface area (Å²) < 4.78 is 69.1. The molecule has 10 heteroatoms. The lowest BCUT2D eigenvalue weighted by Crippen LogP contribution is -2.40. The summed E-state index contributed by atoms with van der Waals surface area (Å²) in [6.45, 7) is 1.07. The van der Waals surface area contributed by atoms with E-state index in [1.165, 1.54) is 28.6 Å². The fraction of sp³-hybridized carbons (Fsp3) is 0.350. The zero-order chi connectivity index (χ0) is 21.6. The number of halogens is 2. The van der Waals surface area contributed by atoms with Gasteiger partial charge in [-0.3, -0.25) is 0 Å². The molecule has 30 heavy (non-hydrogen) atoms. The molecule has 0 aliphatic carbocycles. The zero-order valence-electron chi connectivity index (χ0n) is 16.1. The normalized spacial score (nSPS) is 15.0. The van der Waals surface area contributed by atoms with E-state index in [1.54, 1.807) is 0 Å². The van der Waals surface area contributed by atoms with Crippen LogP contribution in [0.15, 0.2) is 47.4 Å². The molecule has 162 valence electrons. The van der Waals surface area contributed by atoms with Crippen molar-refractivity contribution in [3.05, 3.63) is 59.7 Å². The summed E-state index contributed by atoms with van der Waals surface area (Å²) >= 11 is 0. The van der Waals surface area contributed by atoms with Crippen molar-refractivity contribution >= 4 is 16.0 Å². The van der Waals surface area contributed by atoms with Crippen LogP contribution in [0.3, 0.4) is 0 Å². The highest BCUT2D eigenvalue weighted by atomic mass is 32.2. The number of sulfonamides is 1. The molecular formula is C20H21F2NO6S. The first-order valence-electron chi connectivity index (χ1n) is 9.31. The number of benzene rings is 2. The number of morpholine rings is 1. The van der Waals surface area contributed by atoms with Crippen molar-refractivity contribution in [2.75, 3.05) is 39.5 Å². The van der Waals surface area contributed by atoms with E-state index in [-0.39, 0.29) is 50.2 Å². The quantitative estimate of drug-likeness (QED) is 0.463. The third-order valence-corrected chi connectivity index (χ3v) is 6.26. The van der Waals surface area contributed by atoms with Crippen molar-refractivity contribution in [2.45, 2.75) is 11.3 Å². The number of ether oxygens (including phenoxy) is 3. The van der Waals surface area contributed by atoms with Gasteiger partial charge in [-0.15, -0.1) is 0 Å². The van der Waals surface area contributed by atoms with E-state index in [2.05, 4.69) is 0 Å². The summed E-state index contributed by atoms with van der Waals surface area (Å²) in [5, 5.41) is 0. The highest BCUT2D eigenvalue weighted by Gasteiger charge is 2.28. The molecule has 1 heterocycles. The molecule has 0 atom stereocenters. The Bertz CT molecular complexity index is 975. The fourth-order valence-electron chi connectivity index (χ4n) is 2.78. The Balaban J connectivity index is 1.56. The summed E-state index contributed by atoms with van der Waals surface area (Å²) in [6, 6.07) is 8.49. The van der Waals surface area contributed by atoms with Crippen molar-refractivity contribution in [3.63, 3.8) is 0 Å². The van der Waals surface area contributed by atoms with Crippen LogP contribution in [0.4, 0.5) is 8.78 Å². The molecule has 2 aromatic rings. The first kappa shape index (κ1) is 22.1. The largest absolute Gasteiger partial charge is 0.493 e. The molecule has 0 radical (unpaired) electrons. The average molecular weight is 441 g/mol. The monoisotopic (exact) mass is 441 g/mol. The molecule has 1 fully saturated rings. The number of hydrogen-bond acceptors (Lipinski definition) is 6. The number of rotatable bonds is 8. The highest BCUT2D eigenvalue weighted by molar-refractivity contribution is 7.89. The standard InChI is InChI=1S/C20H21F2NO6S/c21-15-2-4-16(5-3-15)28-10-1-11-29-20(24)18-14-17(6-7-19(18)22)30(25,26)23-8-12-27-13-9-23/h2-7,14H,1,8-13H2. The van der Waals surface area contributed by atoms with E-state index in [0.29, 0.717) is 12.2 Å². The zero-order valence-corrected chi connectivity index (χ0v) is 16.9. The van der Waals surface area contributed by atoms with Crippen LogP contribution in [-0.4, -0.2) is 58.2 Å². The van der Waals surface area contributed by atoms with Gasteiger partial charge in [-0.1, -0.05) is 0 Å². The number of carbonyl (C=O) groups is 1. The van der Waals surface area contributed by atoms with Crippen LogP contribution in [-0.2, 0) is 19.5 Å². The smallest absolute Gasteiger partial charge is 0.341 e. The summed E-state index contributed by atoms with van der Waals surface area (Å²) in [5.41, 5.74) is -0.455. The van der Waals surface area contributed by atoms with E-state index in [1.807, 2.05) is 0 Å². The summed E-state index contributed by atoms with van der Waals surface area (Å²) in [6.07, 6.45) is 0.316. The van der Waals surface area contributed by atoms with Gasteiger partial charge in [0.2, 0.25) is 10.0 Å². The van der Waals surface area contributed by atoms with E-state index in [4.69, 9.17) is 14.2 Å². The summed E-state index contributed by atoms with van der Waals surface area (Å²) in [5.74, 6) is -1.75. The van der Waals surface area contributed by atoms with Crippen molar-refractivity contribution in [2.24, 2.45) is 0 Å². The number of esters is 1. The molecule has 0 aromatic heterocycles. The Morgan fingerprint density at radius 1 is 1.03 bits per heavy atom. The van der Waals surface area contributed by atoms with E-state index >= 15 is 0 Å². The van der Waals surface area contributed by atoms with Gasteiger partial charge in [-0.05, 0) is 42.5 Å². The summed E-state index contributed by atoms with van der Waals surface area (Å²) in [4.78, 5) is 12.0. The first-order chi connectivity index (χ1) is 14.4. The average Bonchev–Trinajstić information content (AvgIpc) is 2.75. The van der Waals surface area contributed by atoms with Gasteiger partial charge in [0.05, 0.1) is 36.9 Å². The van der Waals surface area contributed by atoms with Crippen LogP contribution in [0, 0.1) is 11.6 Å². The molecular weight excluding hydrogens is 420 g/mol. The first-order valence-corrected chi connectivity index (χ1v) is 10.7. The SMILES string of the molecule is O=C(OCCCOc1ccc(F)cc1)c1cc(S(=O)(=O)N2CCOCC2)ccc1F. The maximum atomic E-state index is 14.1. The lowest BCUT2D eigenvalue weighted by Gasteiger charge is -2.26. The Hall–Kier alpha value is -2.56. The van der Waals surface area contributed by atoms with Gasteiger partial charge in [0, 0.05) is 19.5 Å². The lowest BCUT2D eigenvalue weighted by atomic mass is 10.2. The van der Waals surface area contributed by atoms with Gasteiger partial charge in [0.25, 0.3) is 0 Å². The molecule has 1 aliphatic heterocycles. The molecule has 1 saturated heterocycles. The minimum Gasteiger partial charge on any atom is -0.493 e. The van der Waals surface area contributed by atoms with E-state index in [0.717, 1.165) is 18.2 Å². The fourth-order valence-corrected chi connectivity index (χ4v) is 4.21. The molecule has 0 bridgehead atoms. The topological polar surface area (TPSA) is 82.1 Å². The van der Waals surface area contributed by atoms with Crippen LogP contribution in [0.25, 0.3) is 0 Å². The maximum Gasteiger partial charge on any atom is 0.341 e. The van der Waals surface area contributed by atoms with Crippen molar-refractivity contribution in [3.8, 4) is 5.75 Å². The molecule has 3 rings (SSSR count). The predicted octanol–water partition coefficient (Wildman–Crippen LogP) is 2.61. The minimum atomic E-state index is -3.87. The third kappa shape index (κ3) is 5.53. The Morgan fingerprint density at radius 3 is 2.43 bits per heavy atom. The second-order valence-electron chi connectivity index (χ2n) is 6.45. The van der Waals surface area contributed by atoms with Gasteiger partial charge in [-0.25, -0.2) is 22.0 Å². The Morgan fingerprint density at radius 2 is 1.73 bits per heavy atom. The second kappa shape index (κ2) is 9.96. The maximum absolute atomic E-state index is 14.1. The number of carbonyl (C=O) groups excluding carboxylic acids is 1. The third-order valence-electron chi connectivity index (χ3n) is 4.37. The Labute approximate surface area is 173 Å². The van der Waals surface area contributed by atoms with Gasteiger partial charge in [-0.2, -0.15) is 4.31 Å². The molecule has 0 amide bonds. The molecule has 0 spiro atoms. The minimum absolute atomic E-state index is 0.0556. The van der Waals surface area contributed by atoms with Gasteiger partial charge >= 0.3 is 5.97 Å². The van der Waals surface area contributed by atoms with Gasteiger partial charge in [0.1, 0.15) is 17.4 Å². The van der Waals surface area contributed by atoms with Gasteiger partial charge in [0.15, 0.2) is 0 Å². The van der Waals surface area contributed by atoms with E-state index in [9.17, 15) is 22.0 Å². The lowest BCUT2D eigenvalue weighted by molar-refractivity contribution is 0.0480. The molecule has 2 aromatic carbocycles. The van der Waals surface area contributed by atoms with Crippen molar-refractivity contribution in [1.82, 2.24) is 4.31 Å². The molecule has 7 nitrogen and oxygen atoms in total. The van der Waals surface area contributed by atoms with Crippen LogP contribution >= 0.6 is 0 Å². The number of hydrogen-bond donors (Lipinski definition) is 0. The van der Waals surface area contributed by atoms with Gasteiger partial charge < -0.3 is 14.2 Å². The van der Waals surface area contributed by atoms with Crippen molar-refractivity contribution < 1.29 is 36.2 Å². The molecule has 0 unspecified atom stereocenters. The van der Waals surface area contributed by atoms with Crippen molar-refractivity contribution in [1.29, 1.82) is 0 Å². The van der Waals surface area contributed by atoms with Crippen LogP contribution in [0.5, 0.6) is 5.75 Å².